The van der Waals surface area contributed by atoms with Gasteiger partial charge in [-0.15, -0.1) is 0 Å². The average molecular weight is 248 g/mol. The van der Waals surface area contributed by atoms with Crippen LogP contribution in [0.5, 0.6) is 0 Å². The topological polar surface area (TPSA) is 27.7 Å². The summed E-state index contributed by atoms with van der Waals surface area (Å²) in [5.41, 5.74) is 0. The number of hydrogen-bond acceptors (Lipinski definition) is 3. The molecule has 4 heteroatoms. The molecule has 0 aliphatic rings. The van der Waals surface area contributed by atoms with Crippen LogP contribution < -0.4 is 0 Å². The van der Waals surface area contributed by atoms with Crippen LogP contribution in [0.2, 0.25) is 6.55 Å². The van der Waals surface area contributed by atoms with E-state index < -0.39 is 8.80 Å². The summed E-state index contributed by atoms with van der Waals surface area (Å²) in [6.45, 7) is 4.93. The van der Waals surface area contributed by atoms with Crippen LogP contribution in [0.25, 0.3) is 0 Å². The molecule has 0 heterocycles. The Morgan fingerprint density at radius 1 is 0.812 bits per heavy atom. The minimum atomic E-state index is -2.28. The van der Waals surface area contributed by atoms with Crippen molar-refractivity contribution < 1.29 is 13.3 Å². The SMILES string of the molecule is CCCCCCCCCO[Si](C)(OC)OC. The van der Waals surface area contributed by atoms with Crippen LogP contribution >= 0.6 is 0 Å². The first-order chi connectivity index (χ1) is 7.68. The van der Waals surface area contributed by atoms with E-state index in [0.29, 0.717) is 0 Å². The van der Waals surface area contributed by atoms with Crippen LogP contribution in [-0.4, -0.2) is 29.6 Å². The summed E-state index contributed by atoms with van der Waals surface area (Å²) in [5, 5.41) is 0. The second kappa shape index (κ2) is 10.3. The minimum Gasteiger partial charge on any atom is -0.377 e. The van der Waals surface area contributed by atoms with Crippen molar-refractivity contribution in [1.29, 1.82) is 0 Å². The van der Waals surface area contributed by atoms with Crippen molar-refractivity contribution in [2.24, 2.45) is 0 Å². The molecule has 0 amide bonds. The zero-order valence-corrected chi connectivity index (χ0v) is 12.4. The van der Waals surface area contributed by atoms with Crippen molar-refractivity contribution in [2.45, 2.75) is 58.4 Å². The Kier molecular flexibility index (Phi) is 10.3. The molecule has 16 heavy (non-hydrogen) atoms. The molecular formula is C12H28O3Si. The minimum absolute atomic E-state index is 0.762. The molecule has 98 valence electrons. The molecule has 0 saturated carbocycles. The van der Waals surface area contributed by atoms with Gasteiger partial charge in [0.1, 0.15) is 0 Å². The fourth-order valence-electron chi connectivity index (χ4n) is 1.52. The normalized spacial score (nSPS) is 12.0. The Bertz CT molecular complexity index is 149. The molecule has 0 aromatic heterocycles. The molecule has 0 aliphatic heterocycles. The second-order valence-electron chi connectivity index (χ2n) is 4.24. The van der Waals surface area contributed by atoms with E-state index >= 15 is 0 Å². The Hall–Kier alpha value is 0.0969. The Labute approximate surface area is 102 Å². The lowest BCUT2D eigenvalue weighted by Gasteiger charge is -2.21. The van der Waals surface area contributed by atoms with E-state index in [1.165, 1.54) is 38.5 Å². The van der Waals surface area contributed by atoms with Gasteiger partial charge in [0.05, 0.1) is 0 Å². The molecule has 0 aromatic rings. The van der Waals surface area contributed by atoms with E-state index in [1.54, 1.807) is 14.2 Å². The molecule has 0 atom stereocenters. The van der Waals surface area contributed by atoms with Gasteiger partial charge in [0, 0.05) is 27.4 Å². The zero-order valence-electron chi connectivity index (χ0n) is 11.4. The largest absolute Gasteiger partial charge is 0.497 e. The molecule has 0 saturated heterocycles. The molecule has 0 spiro atoms. The fourth-order valence-corrected chi connectivity index (χ4v) is 2.44. The van der Waals surface area contributed by atoms with E-state index in [1.807, 2.05) is 6.55 Å². The Morgan fingerprint density at radius 2 is 1.31 bits per heavy atom. The monoisotopic (exact) mass is 248 g/mol. The van der Waals surface area contributed by atoms with Gasteiger partial charge in [0.2, 0.25) is 0 Å². The molecule has 0 N–H and O–H groups in total. The highest BCUT2D eigenvalue weighted by atomic mass is 28.4. The van der Waals surface area contributed by atoms with E-state index in [-0.39, 0.29) is 0 Å². The maximum Gasteiger partial charge on any atom is 0.497 e. The second-order valence-corrected chi connectivity index (χ2v) is 7.07. The van der Waals surface area contributed by atoms with Crippen LogP contribution in [0.1, 0.15) is 51.9 Å². The maximum absolute atomic E-state index is 5.65. The van der Waals surface area contributed by atoms with Crippen LogP contribution in [0.3, 0.4) is 0 Å². The van der Waals surface area contributed by atoms with Gasteiger partial charge in [-0.05, 0) is 6.42 Å². The van der Waals surface area contributed by atoms with Crippen molar-refractivity contribution in [1.82, 2.24) is 0 Å². The highest BCUT2D eigenvalue weighted by molar-refractivity contribution is 6.59. The quantitative estimate of drug-likeness (QED) is 0.413. The number of unbranched alkanes of at least 4 members (excludes halogenated alkanes) is 6. The standard InChI is InChI=1S/C12H28O3Si/c1-5-6-7-8-9-10-11-12-15-16(4,13-2)14-3/h5-12H2,1-4H3. The predicted molar refractivity (Wildman–Crippen MR) is 69.6 cm³/mol. The molecule has 0 aliphatic carbocycles. The third-order valence-electron chi connectivity index (χ3n) is 2.85. The lowest BCUT2D eigenvalue weighted by molar-refractivity contribution is 0.104. The van der Waals surface area contributed by atoms with E-state index in [4.69, 9.17) is 13.3 Å². The summed E-state index contributed by atoms with van der Waals surface area (Å²) in [4.78, 5) is 0. The summed E-state index contributed by atoms with van der Waals surface area (Å²) in [5.74, 6) is 0. The third-order valence-corrected chi connectivity index (χ3v) is 5.07. The number of hydrogen-bond donors (Lipinski definition) is 0. The van der Waals surface area contributed by atoms with Crippen molar-refractivity contribution in [3.05, 3.63) is 0 Å². The fraction of sp³-hybridized carbons (Fsp3) is 1.00. The summed E-state index contributed by atoms with van der Waals surface area (Å²) in [6.07, 6.45) is 9.10. The van der Waals surface area contributed by atoms with Crippen LogP contribution in [0, 0.1) is 0 Å². The summed E-state index contributed by atoms with van der Waals surface area (Å²) in [6, 6.07) is 0. The molecule has 0 rings (SSSR count). The van der Waals surface area contributed by atoms with Gasteiger partial charge in [-0.25, -0.2) is 0 Å². The average Bonchev–Trinajstić information content (AvgIpc) is 2.32. The van der Waals surface area contributed by atoms with Crippen molar-refractivity contribution in [3.8, 4) is 0 Å². The molecular weight excluding hydrogens is 220 g/mol. The van der Waals surface area contributed by atoms with Gasteiger partial charge in [-0.2, -0.15) is 0 Å². The maximum atomic E-state index is 5.65. The van der Waals surface area contributed by atoms with Gasteiger partial charge in [0.25, 0.3) is 0 Å². The first-order valence-corrected chi connectivity index (χ1v) is 8.65. The van der Waals surface area contributed by atoms with Crippen molar-refractivity contribution >= 4 is 8.80 Å². The van der Waals surface area contributed by atoms with Gasteiger partial charge in [-0.1, -0.05) is 45.4 Å². The zero-order chi connectivity index (χ0) is 12.3. The molecule has 0 radical (unpaired) electrons. The Balaban J connectivity index is 3.26. The van der Waals surface area contributed by atoms with Gasteiger partial charge >= 0.3 is 8.80 Å². The lowest BCUT2D eigenvalue weighted by Crippen LogP contribution is -2.40. The van der Waals surface area contributed by atoms with Crippen LogP contribution in [0.15, 0.2) is 0 Å². The first-order valence-electron chi connectivity index (χ1n) is 6.42. The first kappa shape index (κ1) is 16.1. The molecule has 0 fully saturated rings. The van der Waals surface area contributed by atoms with Crippen LogP contribution in [0.4, 0.5) is 0 Å². The molecule has 3 nitrogen and oxygen atoms in total. The molecule has 0 aromatic carbocycles. The summed E-state index contributed by atoms with van der Waals surface area (Å²) >= 11 is 0. The van der Waals surface area contributed by atoms with Gasteiger partial charge in [0.15, 0.2) is 0 Å². The highest BCUT2D eigenvalue weighted by Crippen LogP contribution is 2.10. The van der Waals surface area contributed by atoms with E-state index in [2.05, 4.69) is 6.92 Å². The Morgan fingerprint density at radius 3 is 1.81 bits per heavy atom. The number of rotatable bonds is 11. The smallest absolute Gasteiger partial charge is 0.377 e. The predicted octanol–water partition coefficient (Wildman–Crippen LogP) is 3.62. The molecule has 0 bridgehead atoms. The van der Waals surface area contributed by atoms with Gasteiger partial charge in [-0.3, -0.25) is 0 Å². The van der Waals surface area contributed by atoms with Crippen LogP contribution in [-0.2, 0) is 13.3 Å². The highest BCUT2D eigenvalue weighted by Gasteiger charge is 2.31. The third kappa shape index (κ3) is 8.27. The van der Waals surface area contributed by atoms with Crippen molar-refractivity contribution in [2.75, 3.05) is 20.8 Å². The summed E-state index contributed by atoms with van der Waals surface area (Å²) in [7, 11) is 1.03. The lowest BCUT2D eigenvalue weighted by atomic mass is 10.1. The van der Waals surface area contributed by atoms with E-state index in [9.17, 15) is 0 Å². The van der Waals surface area contributed by atoms with Crippen molar-refractivity contribution in [3.63, 3.8) is 0 Å². The molecule has 0 unspecified atom stereocenters. The summed E-state index contributed by atoms with van der Waals surface area (Å²) < 4.78 is 16.1. The van der Waals surface area contributed by atoms with Gasteiger partial charge < -0.3 is 13.3 Å². The van der Waals surface area contributed by atoms with E-state index in [0.717, 1.165) is 13.0 Å².